The Hall–Kier alpha value is -2.79. The van der Waals surface area contributed by atoms with E-state index >= 15 is 0 Å². The highest BCUT2D eigenvalue weighted by atomic mass is 35.5. The molecule has 150 valence electrons. The van der Waals surface area contributed by atoms with E-state index in [4.69, 9.17) is 21.1 Å². The first kappa shape index (κ1) is 19.5. The van der Waals surface area contributed by atoms with Gasteiger partial charge in [-0.15, -0.1) is 0 Å². The second kappa shape index (κ2) is 8.29. The number of aromatic hydroxyl groups is 1. The first-order chi connectivity index (χ1) is 14.1. The van der Waals surface area contributed by atoms with E-state index in [1.807, 2.05) is 25.1 Å². The molecule has 4 rings (SSSR count). The molecule has 0 unspecified atom stereocenters. The third-order valence-corrected chi connectivity index (χ3v) is 5.13. The van der Waals surface area contributed by atoms with Gasteiger partial charge in [0.25, 0.3) is 0 Å². The Morgan fingerprint density at radius 1 is 1.17 bits per heavy atom. The minimum atomic E-state index is -0.584. The van der Waals surface area contributed by atoms with Gasteiger partial charge in [0, 0.05) is 21.7 Å². The van der Waals surface area contributed by atoms with E-state index in [2.05, 4.69) is 4.98 Å². The lowest BCUT2D eigenvalue weighted by Crippen LogP contribution is -2.10. The van der Waals surface area contributed by atoms with Gasteiger partial charge >= 0.3 is 5.97 Å². The van der Waals surface area contributed by atoms with Gasteiger partial charge in [-0.05, 0) is 55.7 Å². The Morgan fingerprint density at radius 3 is 2.69 bits per heavy atom. The van der Waals surface area contributed by atoms with Gasteiger partial charge in [0.05, 0.1) is 12.3 Å². The molecule has 29 heavy (non-hydrogen) atoms. The van der Waals surface area contributed by atoms with Crippen LogP contribution in [0.5, 0.6) is 17.2 Å². The molecule has 1 aromatic heterocycles. The highest BCUT2D eigenvalue weighted by Crippen LogP contribution is 2.45. The normalized spacial score (nSPS) is 13.4. The quantitative estimate of drug-likeness (QED) is 0.369. The van der Waals surface area contributed by atoms with Crippen LogP contribution in [0.15, 0.2) is 42.5 Å². The molecular formula is C23H22ClNO4. The minimum absolute atomic E-state index is 0.0148. The molecule has 0 saturated heterocycles. The highest BCUT2D eigenvalue weighted by molar-refractivity contribution is 6.30. The number of aromatic nitrogens is 1. The van der Waals surface area contributed by atoms with E-state index in [1.54, 1.807) is 24.3 Å². The van der Waals surface area contributed by atoms with Crippen LogP contribution in [0.1, 0.15) is 54.7 Å². The van der Waals surface area contributed by atoms with Crippen LogP contribution < -0.4 is 4.74 Å². The summed E-state index contributed by atoms with van der Waals surface area (Å²) in [5.41, 5.74) is 0.788. The Bertz CT molecular complexity index is 1060. The monoisotopic (exact) mass is 411 g/mol. The first-order valence-electron chi connectivity index (χ1n) is 9.84. The van der Waals surface area contributed by atoms with Crippen LogP contribution in [0.2, 0.25) is 5.02 Å². The zero-order chi connectivity index (χ0) is 20.4. The van der Waals surface area contributed by atoms with Gasteiger partial charge in [-0.25, -0.2) is 9.78 Å². The number of ether oxygens (including phenoxy) is 2. The van der Waals surface area contributed by atoms with Crippen LogP contribution in [-0.4, -0.2) is 22.7 Å². The third-order valence-electron chi connectivity index (χ3n) is 4.90. The van der Waals surface area contributed by atoms with E-state index in [0.29, 0.717) is 28.5 Å². The number of halogens is 1. The predicted octanol–water partition coefficient (Wildman–Crippen LogP) is 6.22. The first-order valence-corrected chi connectivity index (χ1v) is 10.2. The lowest BCUT2D eigenvalue weighted by atomic mass is 10.0. The summed E-state index contributed by atoms with van der Waals surface area (Å²) in [5, 5.41) is 12.6. The lowest BCUT2D eigenvalue weighted by Gasteiger charge is -2.13. The molecule has 0 bridgehead atoms. The molecule has 0 amide bonds. The number of benzene rings is 2. The molecule has 1 fully saturated rings. The van der Waals surface area contributed by atoms with E-state index in [-0.39, 0.29) is 17.4 Å². The molecule has 5 nitrogen and oxygen atoms in total. The molecule has 1 N–H and O–H groups in total. The van der Waals surface area contributed by atoms with Crippen LogP contribution >= 0.6 is 11.6 Å². The summed E-state index contributed by atoms with van der Waals surface area (Å²) in [4.78, 5) is 16.9. The summed E-state index contributed by atoms with van der Waals surface area (Å²) in [6, 6.07) is 12.5. The maximum atomic E-state index is 12.4. The number of hydrogen-bond donors (Lipinski definition) is 1. The highest BCUT2D eigenvalue weighted by Gasteiger charge is 2.30. The number of rotatable bonds is 7. The molecule has 3 aromatic rings. The molecule has 1 aliphatic rings. The largest absolute Gasteiger partial charge is 0.505 e. The standard InChI is InChI=1S/C23H22ClNO4/c1-2-3-11-28-23(27)21-22(26)18-10-9-17(29-16-6-4-5-15(24)12-16)13-19(18)20(25-21)14-7-8-14/h4-6,9-10,12-14,26H,2-3,7-8,11H2,1H3. The fraction of sp³-hybridized carbons (Fsp3) is 0.304. The number of carbonyl (C=O) groups excluding carboxylic acids is 1. The van der Waals surface area contributed by atoms with Crippen LogP contribution in [-0.2, 0) is 4.74 Å². The van der Waals surface area contributed by atoms with Crippen LogP contribution in [0, 0.1) is 0 Å². The lowest BCUT2D eigenvalue weighted by molar-refractivity contribution is 0.0489. The van der Waals surface area contributed by atoms with Crippen molar-refractivity contribution >= 4 is 28.3 Å². The number of nitrogens with zero attached hydrogens (tertiary/aromatic N) is 1. The maximum absolute atomic E-state index is 12.4. The van der Waals surface area contributed by atoms with Gasteiger partial charge in [0.2, 0.25) is 0 Å². The van der Waals surface area contributed by atoms with Gasteiger partial charge in [0.1, 0.15) is 11.5 Å². The summed E-state index contributed by atoms with van der Waals surface area (Å²) in [7, 11) is 0. The van der Waals surface area contributed by atoms with Crippen LogP contribution in [0.3, 0.4) is 0 Å². The molecular weight excluding hydrogens is 390 g/mol. The maximum Gasteiger partial charge on any atom is 0.360 e. The fourth-order valence-corrected chi connectivity index (χ4v) is 3.40. The fourth-order valence-electron chi connectivity index (χ4n) is 3.22. The summed E-state index contributed by atoms with van der Waals surface area (Å²) in [6.45, 7) is 2.34. The van der Waals surface area contributed by atoms with Crippen molar-refractivity contribution in [1.29, 1.82) is 0 Å². The molecule has 1 heterocycles. The Balaban J connectivity index is 1.71. The number of pyridine rings is 1. The number of fused-ring (bicyclic) bond motifs is 1. The van der Waals surface area contributed by atoms with Crippen molar-refractivity contribution in [2.24, 2.45) is 0 Å². The Morgan fingerprint density at radius 2 is 1.97 bits per heavy atom. The minimum Gasteiger partial charge on any atom is -0.505 e. The van der Waals surface area contributed by atoms with Crippen molar-refractivity contribution in [3.05, 3.63) is 58.9 Å². The zero-order valence-electron chi connectivity index (χ0n) is 16.2. The Kier molecular flexibility index (Phi) is 5.58. The van der Waals surface area contributed by atoms with E-state index < -0.39 is 5.97 Å². The number of hydrogen-bond acceptors (Lipinski definition) is 5. The number of carbonyl (C=O) groups is 1. The smallest absolute Gasteiger partial charge is 0.360 e. The summed E-state index contributed by atoms with van der Waals surface area (Å²) in [6.07, 6.45) is 3.72. The summed E-state index contributed by atoms with van der Waals surface area (Å²) < 4.78 is 11.2. The van der Waals surface area contributed by atoms with Crippen molar-refractivity contribution in [3.63, 3.8) is 0 Å². The average molecular weight is 412 g/mol. The van der Waals surface area contributed by atoms with Gasteiger partial charge in [-0.1, -0.05) is 31.0 Å². The molecule has 1 aliphatic carbocycles. The van der Waals surface area contributed by atoms with Gasteiger partial charge in [-0.3, -0.25) is 0 Å². The molecule has 1 saturated carbocycles. The van der Waals surface area contributed by atoms with Crippen molar-refractivity contribution < 1.29 is 19.4 Å². The van der Waals surface area contributed by atoms with Gasteiger partial charge in [-0.2, -0.15) is 0 Å². The van der Waals surface area contributed by atoms with Crippen molar-refractivity contribution in [3.8, 4) is 17.2 Å². The number of esters is 1. The van der Waals surface area contributed by atoms with Gasteiger partial charge in [0.15, 0.2) is 11.4 Å². The van der Waals surface area contributed by atoms with Crippen LogP contribution in [0.4, 0.5) is 0 Å². The average Bonchev–Trinajstić information content (AvgIpc) is 3.53. The summed E-state index contributed by atoms with van der Waals surface area (Å²) >= 11 is 6.03. The van der Waals surface area contributed by atoms with Gasteiger partial charge < -0.3 is 14.6 Å². The second-order valence-electron chi connectivity index (χ2n) is 7.22. The number of unbranched alkanes of at least 4 members (excludes halogenated alkanes) is 1. The van der Waals surface area contributed by atoms with E-state index in [0.717, 1.165) is 36.8 Å². The van der Waals surface area contributed by atoms with Crippen molar-refractivity contribution in [2.45, 2.75) is 38.5 Å². The topological polar surface area (TPSA) is 68.7 Å². The zero-order valence-corrected chi connectivity index (χ0v) is 16.9. The molecule has 0 radical (unpaired) electrons. The molecule has 0 atom stereocenters. The van der Waals surface area contributed by atoms with Crippen LogP contribution in [0.25, 0.3) is 10.8 Å². The molecule has 0 aliphatic heterocycles. The molecule has 6 heteroatoms. The second-order valence-corrected chi connectivity index (χ2v) is 7.66. The Labute approximate surface area is 174 Å². The molecule has 2 aromatic carbocycles. The summed E-state index contributed by atoms with van der Waals surface area (Å²) in [5.74, 6) is 0.778. The van der Waals surface area contributed by atoms with Crippen molar-refractivity contribution in [1.82, 2.24) is 4.98 Å². The van der Waals surface area contributed by atoms with E-state index in [9.17, 15) is 9.90 Å². The molecule has 0 spiro atoms. The third kappa shape index (κ3) is 4.30. The SMILES string of the molecule is CCCCOC(=O)c1nc(C2CC2)c2cc(Oc3cccc(Cl)c3)ccc2c1O. The van der Waals surface area contributed by atoms with E-state index in [1.165, 1.54) is 0 Å². The van der Waals surface area contributed by atoms with Crippen molar-refractivity contribution in [2.75, 3.05) is 6.61 Å². The predicted molar refractivity (Wildman–Crippen MR) is 112 cm³/mol.